The number of hydrogen-bond donors (Lipinski definition) is 1. The molecule has 1 amide bonds. The number of halogens is 2. The number of rotatable bonds is 4. The molecule has 8 heteroatoms. The van der Waals surface area contributed by atoms with E-state index >= 15 is 0 Å². The van der Waals surface area contributed by atoms with Crippen molar-refractivity contribution in [1.29, 1.82) is 0 Å². The maximum atomic E-state index is 12.1. The SMILES string of the molecule is CCCN(C)C(=O)c1cc(Cl)cc(S(N)(=O)=O)c1Cl. The van der Waals surface area contributed by atoms with E-state index in [4.69, 9.17) is 28.3 Å². The molecule has 0 unspecified atom stereocenters. The fourth-order valence-corrected chi connectivity index (χ4v) is 3.02. The van der Waals surface area contributed by atoms with Gasteiger partial charge < -0.3 is 4.90 Å². The number of nitrogens with zero attached hydrogens (tertiary/aromatic N) is 1. The molecule has 0 aromatic heterocycles. The van der Waals surface area contributed by atoms with E-state index < -0.39 is 15.9 Å². The average molecular weight is 325 g/mol. The first-order chi connectivity index (χ1) is 8.68. The van der Waals surface area contributed by atoms with E-state index in [0.29, 0.717) is 6.54 Å². The molecule has 0 saturated heterocycles. The van der Waals surface area contributed by atoms with Gasteiger partial charge in [-0.2, -0.15) is 0 Å². The van der Waals surface area contributed by atoms with Gasteiger partial charge in [-0.05, 0) is 18.6 Å². The van der Waals surface area contributed by atoms with Crippen molar-refractivity contribution in [2.45, 2.75) is 18.2 Å². The molecule has 0 spiro atoms. The zero-order valence-electron chi connectivity index (χ0n) is 10.5. The molecule has 0 aliphatic carbocycles. The van der Waals surface area contributed by atoms with Crippen molar-refractivity contribution in [1.82, 2.24) is 4.90 Å². The quantitative estimate of drug-likeness (QED) is 0.921. The number of amides is 1. The first kappa shape index (κ1) is 16.2. The van der Waals surface area contributed by atoms with Crippen LogP contribution >= 0.6 is 23.2 Å². The lowest BCUT2D eigenvalue weighted by atomic mass is 10.2. The topological polar surface area (TPSA) is 80.5 Å². The van der Waals surface area contributed by atoms with E-state index in [2.05, 4.69) is 0 Å². The monoisotopic (exact) mass is 324 g/mol. The molecule has 0 radical (unpaired) electrons. The molecule has 0 atom stereocenters. The molecule has 1 aromatic rings. The van der Waals surface area contributed by atoms with Gasteiger partial charge in [0.25, 0.3) is 5.91 Å². The third kappa shape index (κ3) is 3.82. The van der Waals surface area contributed by atoms with Crippen LogP contribution in [0.25, 0.3) is 0 Å². The van der Waals surface area contributed by atoms with Crippen LogP contribution in [0.3, 0.4) is 0 Å². The highest BCUT2D eigenvalue weighted by Crippen LogP contribution is 2.29. The van der Waals surface area contributed by atoms with Crippen molar-refractivity contribution in [3.63, 3.8) is 0 Å². The Morgan fingerprint density at radius 3 is 2.42 bits per heavy atom. The van der Waals surface area contributed by atoms with Crippen molar-refractivity contribution in [3.05, 3.63) is 27.7 Å². The van der Waals surface area contributed by atoms with Crippen molar-refractivity contribution in [2.75, 3.05) is 13.6 Å². The van der Waals surface area contributed by atoms with Gasteiger partial charge in [-0.15, -0.1) is 0 Å². The lowest BCUT2D eigenvalue weighted by molar-refractivity contribution is 0.0795. The number of hydrogen-bond acceptors (Lipinski definition) is 3. The summed E-state index contributed by atoms with van der Waals surface area (Å²) in [5.74, 6) is -0.403. The van der Waals surface area contributed by atoms with Crippen molar-refractivity contribution < 1.29 is 13.2 Å². The minimum atomic E-state index is -4.04. The molecule has 19 heavy (non-hydrogen) atoms. The Labute approximate surface area is 122 Å². The summed E-state index contributed by atoms with van der Waals surface area (Å²) in [4.78, 5) is 13.2. The summed E-state index contributed by atoms with van der Waals surface area (Å²) in [6.07, 6.45) is 0.766. The molecule has 106 valence electrons. The lowest BCUT2D eigenvalue weighted by Gasteiger charge is -2.18. The van der Waals surface area contributed by atoms with Gasteiger partial charge in [0.05, 0.1) is 10.6 Å². The summed E-state index contributed by atoms with van der Waals surface area (Å²) >= 11 is 11.7. The Hall–Kier alpha value is -0.820. The molecule has 5 nitrogen and oxygen atoms in total. The van der Waals surface area contributed by atoms with Gasteiger partial charge in [0, 0.05) is 18.6 Å². The molecule has 1 rings (SSSR count). The van der Waals surface area contributed by atoms with Gasteiger partial charge in [-0.3, -0.25) is 4.79 Å². The summed E-state index contributed by atoms with van der Waals surface area (Å²) in [6, 6.07) is 2.45. The summed E-state index contributed by atoms with van der Waals surface area (Å²) in [6.45, 7) is 2.44. The second-order valence-electron chi connectivity index (χ2n) is 4.04. The highest BCUT2D eigenvalue weighted by molar-refractivity contribution is 7.89. The fourth-order valence-electron chi connectivity index (χ4n) is 1.57. The van der Waals surface area contributed by atoms with Crippen LogP contribution in [0.15, 0.2) is 17.0 Å². The summed E-state index contributed by atoms with van der Waals surface area (Å²) in [5.41, 5.74) is 0.0224. The van der Waals surface area contributed by atoms with Gasteiger partial charge >= 0.3 is 0 Å². The molecule has 0 fully saturated rings. The van der Waals surface area contributed by atoms with Gasteiger partial charge in [-0.1, -0.05) is 30.1 Å². The first-order valence-electron chi connectivity index (χ1n) is 5.45. The van der Waals surface area contributed by atoms with Crippen molar-refractivity contribution in [2.24, 2.45) is 5.14 Å². The third-order valence-electron chi connectivity index (χ3n) is 2.45. The van der Waals surface area contributed by atoms with E-state index in [1.165, 1.54) is 11.0 Å². The largest absolute Gasteiger partial charge is 0.342 e. The van der Waals surface area contributed by atoms with Crippen LogP contribution in [0.2, 0.25) is 10.0 Å². The van der Waals surface area contributed by atoms with Crippen LogP contribution in [0.5, 0.6) is 0 Å². The molecule has 0 aliphatic heterocycles. The predicted octanol–water partition coefficient (Wildman–Crippen LogP) is 2.12. The van der Waals surface area contributed by atoms with Crippen LogP contribution in [0, 0.1) is 0 Å². The second-order valence-corrected chi connectivity index (χ2v) is 6.38. The van der Waals surface area contributed by atoms with Crippen LogP contribution in [0.4, 0.5) is 0 Å². The Morgan fingerprint density at radius 2 is 1.95 bits per heavy atom. The lowest BCUT2D eigenvalue weighted by Crippen LogP contribution is -2.28. The van der Waals surface area contributed by atoms with Crippen LogP contribution in [-0.2, 0) is 10.0 Å². The molecule has 0 heterocycles. The second kappa shape index (κ2) is 6.09. The molecular weight excluding hydrogens is 311 g/mol. The Kier molecular flexibility index (Phi) is 5.20. The molecule has 0 saturated carbocycles. The summed E-state index contributed by atoms with van der Waals surface area (Å²) < 4.78 is 22.8. The maximum absolute atomic E-state index is 12.1. The minimum absolute atomic E-state index is 0.0224. The van der Waals surface area contributed by atoms with E-state index in [1.54, 1.807) is 7.05 Å². The molecular formula is C11H14Cl2N2O3S. The van der Waals surface area contributed by atoms with Crippen LogP contribution in [-0.4, -0.2) is 32.8 Å². The number of nitrogens with two attached hydrogens (primary N) is 1. The smallest absolute Gasteiger partial charge is 0.255 e. The number of carbonyl (C=O) groups is 1. The predicted molar refractivity (Wildman–Crippen MR) is 75.1 cm³/mol. The van der Waals surface area contributed by atoms with Gasteiger partial charge in [0.2, 0.25) is 10.0 Å². The number of primary sulfonamides is 1. The van der Waals surface area contributed by atoms with Crippen molar-refractivity contribution in [3.8, 4) is 0 Å². The molecule has 0 bridgehead atoms. The highest BCUT2D eigenvalue weighted by Gasteiger charge is 2.22. The molecule has 0 aliphatic rings. The Morgan fingerprint density at radius 1 is 1.37 bits per heavy atom. The van der Waals surface area contributed by atoms with Gasteiger partial charge in [0.15, 0.2) is 0 Å². The minimum Gasteiger partial charge on any atom is -0.342 e. The maximum Gasteiger partial charge on any atom is 0.255 e. The van der Waals surface area contributed by atoms with Gasteiger partial charge in [0.1, 0.15) is 4.90 Å². The first-order valence-corrected chi connectivity index (χ1v) is 7.76. The number of sulfonamides is 1. The fraction of sp³-hybridized carbons (Fsp3) is 0.364. The average Bonchev–Trinajstić information content (AvgIpc) is 2.29. The van der Waals surface area contributed by atoms with E-state index in [9.17, 15) is 13.2 Å². The summed E-state index contributed by atoms with van der Waals surface area (Å²) in [7, 11) is -2.44. The number of carbonyl (C=O) groups excluding carboxylic acids is 1. The third-order valence-corrected chi connectivity index (χ3v) is 4.12. The van der Waals surface area contributed by atoms with E-state index in [0.717, 1.165) is 12.5 Å². The van der Waals surface area contributed by atoms with Crippen LogP contribution < -0.4 is 5.14 Å². The normalized spacial score (nSPS) is 11.4. The van der Waals surface area contributed by atoms with Crippen molar-refractivity contribution >= 4 is 39.1 Å². The van der Waals surface area contributed by atoms with Crippen LogP contribution in [0.1, 0.15) is 23.7 Å². The molecule has 1 aromatic carbocycles. The highest BCUT2D eigenvalue weighted by atomic mass is 35.5. The Balaban J connectivity index is 3.38. The Bertz CT molecular complexity index is 602. The number of benzene rings is 1. The standard InChI is InChI=1S/C11H14Cl2N2O3S/c1-3-4-15(2)11(16)8-5-7(12)6-9(10(8)13)19(14,17)18/h5-6H,3-4H2,1-2H3,(H2,14,17,18). The molecule has 2 N–H and O–H groups in total. The van der Waals surface area contributed by atoms with Gasteiger partial charge in [-0.25, -0.2) is 13.6 Å². The zero-order chi connectivity index (χ0) is 14.8. The summed E-state index contributed by atoms with van der Waals surface area (Å²) in [5, 5.41) is 4.91. The van der Waals surface area contributed by atoms with E-state index in [-0.39, 0.29) is 20.5 Å². The van der Waals surface area contributed by atoms with E-state index in [1.807, 2.05) is 6.92 Å². The zero-order valence-corrected chi connectivity index (χ0v) is 12.8.